The highest BCUT2D eigenvalue weighted by Crippen LogP contribution is 2.30. The van der Waals surface area contributed by atoms with Crippen LogP contribution in [0, 0.1) is 17.8 Å². The van der Waals surface area contributed by atoms with Crippen molar-refractivity contribution in [2.24, 2.45) is 17.8 Å². The van der Waals surface area contributed by atoms with Gasteiger partial charge in [-0.15, -0.1) is 0 Å². The third-order valence-electron chi connectivity index (χ3n) is 4.63. The van der Waals surface area contributed by atoms with Crippen LogP contribution in [-0.2, 0) is 0 Å². The highest BCUT2D eigenvalue weighted by Gasteiger charge is 2.37. The first-order valence-electron chi connectivity index (χ1n) is 8.03. The van der Waals surface area contributed by atoms with Crippen LogP contribution in [0.4, 0.5) is 0 Å². The summed E-state index contributed by atoms with van der Waals surface area (Å²) >= 11 is 0. The monoisotopic (exact) mass is 252 g/mol. The Morgan fingerprint density at radius 3 is 2.28 bits per heavy atom. The van der Waals surface area contributed by atoms with Gasteiger partial charge < -0.3 is 5.32 Å². The lowest BCUT2D eigenvalue weighted by Gasteiger charge is -2.30. The van der Waals surface area contributed by atoms with Crippen molar-refractivity contribution in [3.05, 3.63) is 0 Å². The van der Waals surface area contributed by atoms with Crippen molar-refractivity contribution < 1.29 is 0 Å². The Kier molecular flexibility index (Phi) is 5.08. The fraction of sp³-hybridized carbons (Fsp3) is 1.00. The molecular weight excluding hydrogens is 220 g/mol. The molecule has 0 bridgehead atoms. The van der Waals surface area contributed by atoms with Gasteiger partial charge in [0.1, 0.15) is 0 Å². The molecule has 2 aliphatic heterocycles. The van der Waals surface area contributed by atoms with Gasteiger partial charge in [-0.3, -0.25) is 4.90 Å². The Bertz CT molecular complexity index is 225. The van der Waals surface area contributed by atoms with Crippen molar-refractivity contribution in [3.8, 4) is 0 Å². The zero-order valence-corrected chi connectivity index (χ0v) is 12.8. The lowest BCUT2D eigenvalue weighted by molar-refractivity contribution is 0.178. The Morgan fingerprint density at radius 2 is 1.72 bits per heavy atom. The van der Waals surface area contributed by atoms with Gasteiger partial charge in [-0.05, 0) is 50.0 Å². The van der Waals surface area contributed by atoms with Crippen LogP contribution in [0.1, 0.15) is 53.4 Å². The number of rotatable bonds is 5. The van der Waals surface area contributed by atoms with Gasteiger partial charge in [-0.25, -0.2) is 0 Å². The van der Waals surface area contributed by atoms with E-state index in [9.17, 15) is 0 Å². The Labute approximate surface area is 114 Å². The molecule has 0 aromatic rings. The summed E-state index contributed by atoms with van der Waals surface area (Å²) in [5.74, 6) is 2.58. The molecule has 0 saturated carbocycles. The average Bonchev–Trinajstić information content (AvgIpc) is 2.70. The van der Waals surface area contributed by atoms with E-state index >= 15 is 0 Å². The van der Waals surface area contributed by atoms with Crippen LogP contribution in [0.15, 0.2) is 0 Å². The summed E-state index contributed by atoms with van der Waals surface area (Å²) in [6.45, 7) is 13.4. The van der Waals surface area contributed by atoms with Crippen molar-refractivity contribution in [3.63, 3.8) is 0 Å². The maximum atomic E-state index is 3.73. The highest BCUT2D eigenvalue weighted by atomic mass is 15.2. The predicted octanol–water partition coefficient (Wildman–Crippen LogP) is 3.13. The molecule has 2 fully saturated rings. The van der Waals surface area contributed by atoms with Crippen LogP contribution >= 0.6 is 0 Å². The van der Waals surface area contributed by atoms with Crippen molar-refractivity contribution >= 4 is 0 Å². The normalized spacial score (nSPS) is 29.5. The Balaban J connectivity index is 1.93. The summed E-state index contributed by atoms with van der Waals surface area (Å²) in [6, 6.07) is 1.61. The van der Waals surface area contributed by atoms with Gasteiger partial charge in [0.2, 0.25) is 0 Å². The summed E-state index contributed by atoms with van der Waals surface area (Å²) in [6.07, 6.45) is 5.58. The molecule has 0 amide bonds. The first kappa shape index (κ1) is 14.3. The number of nitrogens with one attached hydrogen (secondary N) is 1. The number of hydrogen-bond acceptors (Lipinski definition) is 2. The van der Waals surface area contributed by atoms with E-state index < -0.39 is 0 Å². The van der Waals surface area contributed by atoms with Gasteiger partial charge in [-0.2, -0.15) is 0 Å². The molecule has 2 heterocycles. The second-order valence-corrected chi connectivity index (χ2v) is 7.33. The maximum Gasteiger partial charge on any atom is 0.0235 e. The Hall–Kier alpha value is -0.0800. The SMILES string of the molecule is CC(C)CC(CC(C)C)N1CC2CCCNC2C1. The van der Waals surface area contributed by atoms with E-state index in [1.807, 2.05) is 0 Å². The van der Waals surface area contributed by atoms with Crippen LogP contribution in [0.25, 0.3) is 0 Å². The average molecular weight is 252 g/mol. The van der Waals surface area contributed by atoms with Gasteiger partial charge in [0.05, 0.1) is 0 Å². The number of hydrogen-bond donors (Lipinski definition) is 1. The van der Waals surface area contributed by atoms with Gasteiger partial charge in [0, 0.05) is 25.2 Å². The van der Waals surface area contributed by atoms with Crippen molar-refractivity contribution in [1.82, 2.24) is 10.2 Å². The summed E-state index contributed by atoms with van der Waals surface area (Å²) in [7, 11) is 0. The van der Waals surface area contributed by atoms with E-state index in [1.54, 1.807) is 0 Å². The largest absolute Gasteiger partial charge is 0.312 e. The van der Waals surface area contributed by atoms with Crippen molar-refractivity contribution in [2.75, 3.05) is 19.6 Å². The van der Waals surface area contributed by atoms with E-state index in [0.717, 1.165) is 29.8 Å². The van der Waals surface area contributed by atoms with E-state index in [4.69, 9.17) is 0 Å². The van der Waals surface area contributed by atoms with Crippen molar-refractivity contribution in [1.29, 1.82) is 0 Å². The second kappa shape index (κ2) is 6.38. The summed E-state index contributed by atoms with van der Waals surface area (Å²) < 4.78 is 0. The number of fused-ring (bicyclic) bond motifs is 1. The fourth-order valence-corrected chi connectivity index (χ4v) is 3.86. The van der Waals surface area contributed by atoms with E-state index in [0.29, 0.717) is 0 Å². The molecule has 2 atom stereocenters. The molecule has 2 unspecified atom stereocenters. The molecule has 0 aliphatic carbocycles. The highest BCUT2D eigenvalue weighted by molar-refractivity contribution is 4.94. The molecule has 2 saturated heterocycles. The van der Waals surface area contributed by atoms with Crippen LogP contribution in [0.5, 0.6) is 0 Å². The maximum absolute atomic E-state index is 3.73. The van der Waals surface area contributed by atoms with Crippen LogP contribution in [0.3, 0.4) is 0 Å². The van der Waals surface area contributed by atoms with Crippen LogP contribution in [0.2, 0.25) is 0 Å². The minimum absolute atomic E-state index is 0.792. The molecule has 0 radical (unpaired) electrons. The van der Waals surface area contributed by atoms with Gasteiger partial charge >= 0.3 is 0 Å². The summed E-state index contributed by atoms with van der Waals surface area (Å²) in [4.78, 5) is 2.80. The third-order valence-corrected chi connectivity index (χ3v) is 4.63. The molecule has 0 aromatic heterocycles. The van der Waals surface area contributed by atoms with Gasteiger partial charge in [0.25, 0.3) is 0 Å². The molecule has 2 nitrogen and oxygen atoms in total. The minimum atomic E-state index is 0.792. The Morgan fingerprint density at radius 1 is 1.06 bits per heavy atom. The molecular formula is C16H32N2. The quantitative estimate of drug-likeness (QED) is 0.809. The number of piperidine rings is 1. The lowest BCUT2D eigenvalue weighted by Crippen LogP contribution is -2.41. The smallest absolute Gasteiger partial charge is 0.0235 e. The first-order chi connectivity index (χ1) is 8.56. The number of likely N-dealkylation sites (tertiary alicyclic amines) is 1. The molecule has 1 N–H and O–H groups in total. The van der Waals surface area contributed by atoms with Crippen molar-refractivity contribution in [2.45, 2.75) is 65.5 Å². The fourth-order valence-electron chi connectivity index (χ4n) is 3.86. The molecule has 2 rings (SSSR count). The zero-order chi connectivity index (χ0) is 13.1. The van der Waals surface area contributed by atoms with Gasteiger partial charge in [-0.1, -0.05) is 27.7 Å². The summed E-state index contributed by atoms with van der Waals surface area (Å²) in [5.41, 5.74) is 0. The molecule has 0 spiro atoms. The van der Waals surface area contributed by atoms with E-state index in [2.05, 4.69) is 37.9 Å². The molecule has 2 heteroatoms. The third kappa shape index (κ3) is 3.71. The first-order valence-corrected chi connectivity index (χ1v) is 8.03. The molecule has 0 aromatic carbocycles. The van der Waals surface area contributed by atoms with Crippen LogP contribution < -0.4 is 5.32 Å². The molecule has 2 aliphatic rings. The lowest BCUT2D eigenvalue weighted by atomic mass is 9.94. The van der Waals surface area contributed by atoms with Crippen LogP contribution in [-0.4, -0.2) is 36.6 Å². The number of nitrogens with zero attached hydrogens (tertiary/aromatic N) is 1. The molecule has 106 valence electrons. The topological polar surface area (TPSA) is 15.3 Å². The second-order valence-electron chi connectivity index (χ2n) is 7.33. The molecule has 18 heavy (non-hydrogen) atoms. The van der Waals surface area contributed by atoms with E-state index in [-0.39, 0.29) is 0 Å². The zero-order valence-electron chi connectivity index (χ0n) is 12.8. The van der Waals surface area contributed by atoms with E-state index in [1.165, 1.54) is 45.3 Å². The predicted molar refractivity (Wildman–Crippen MR) is 78.8 cm³/mol. The standard InChI is InChI=1S/C16H32N2/c1-12(2)8-15(9-13(3)4)18-10-14-6-5-7-17-16(14)11-18/h12-17H,5-11H2,1-4H3. The van der Waals surface area contributed by atoms with Gasteiger partial charge in [0.15, 0.2) is 0 Å². The minimum Gasteiger partial charge on any atom is -0.312 e. The summed E-state index contributed by atoms with van der Waals surface area (Å²) in [5, 5.41) is 3.73.